The third-order valence-corrected chi connectivity index (χ3v) is 2.96. The minimum atomic E-state index is 0.688. The van der Waals surface area contributed by atoms with Crippen LogP contribution in [0.2, 0.25) is 0 Å². The molecule has 4 nitrogen and oxygen atoms in total. The summed E-state index contributed by atoms with van der Waals surface area (Å²) in [5.74, 6) is 0. The molecular formula is C14H21N3O. The Morgan fingerprint density at radius 2 is 2.17 bits per heavy atom. The minimum Gasteiger partial charge on any atom is -0.383 e. The second kappa shape index (κ2) is 6.52. The number of aromatic nitrogens is 2. The number of methoxy groups -OCH3 is 1. The first-order valence-electron chi connectivity index (χ1n) is 6.51. The summed E-state index contributed by atoms with van der Waals surface area (Å²) in [7, 11) is 1.72. The molecule has 0 aliphatic rings. The molecule has 0 atom stereocenters. The molecule has 0 bridgehead atoms. The number of hydrogen-bond donors (Lipinski definition) is 1. The Kier molecular flexibility index (Phi) is 4.73. The molecule has 1 aromatic carbocycles. The van der Waals surface area contributed by atoms with E-state index in [-0.39, 0.29) is 0 Å². The predicted octanol–water partition coefficient (Wildman–Crippen LogP) is 2.18. The Hall–Kier alpha value is -1.39. The maximum Gasteiger partial charge on any atom is 0.0841 e. The lowest BCUT2D eigenvalue weighted by Gasteiger charge is -2.01. The highest BCUT2D eigenvalue weighted by Gasteiger charge is 2.08. The zero-order chi connectivity index (χ0) is 12.8. The fraction of sp³-hybridized carbons (Fsp3) is 0.500. The molecule has 18 heavy (non-hydrogen) atoms. The Morgan fingerprint density at radius 1 is 1.33 bits per heavy atom. The molecule has 2 aromatic rings. The predicted molar refractivity (Wildman–Crippen MR) is 73.6 cm³/mol. The van der Waals surface area contributed by atoms with Crippen molar-refractivity contribution in [1.29, 1.82) is 0 Å². The van der Waals surface area contributed by atoms with Gasteiger partial charge in [0.15, 0.2) is 0 Å². The lowest BCUT2D eigenvalue weighted by Crippen LogP contribution is -2.15. The number of nitrogens with zero attached hydrogens (tertiary/aromatic N) is 2. The number of fused-ring (bicyclic) bond motifs is 1. The summed E-state index contributed by atoms with van der Waals surface area (Å²) in [6.07, 6.45) is 1.14. The van der Waals surface area contributed by atoms with Gasteiger partial charge in [0.1, 0.15) is 0 Å². The fourth-order valence-corrected chi connectivity index (χ4v) is 2.06. The van der Waals surface area contributed by atoms with Crippen molar-refractivity contribution >= 4 is 10.9 Å². The van der Waals surface area contributed by atoms with Crippen LogP contribution in [0.4, 0.5) is 0 Å². The van der Waals surface area contributed by atoms with Crippen LogP contribution in [0.1, 0.15) is 19.0 Å². The number of nitrogens with one attached hydrogen (secondary N) is 1. The molecule has 4 heteroatoms. The standard InChI is InChI=1S/C14H21N3O/c1-3-8-15-11-13-12-6-4-5-7-14(12)17(16-13)9-10-18-2/h4-7,15H,3,8-11H2,1-2H3. The van der Waals surface area contributed by atoms with Crippen molar-refractivity contribution in [1.82, 2.24) is 15.1 Å². The van der Waals surface area contributed by atoms with Crippen LogP contribution in [0.3, 0.4) is 0 Å². The summed E-state index contributed by atoms with van der Waals surface area (Å²) in [6.45, 7) is 5.51. The van der Waals surface area contributed by atoms with Crippen molar-refractivity contribution < 1.29 is 4.74 Å². The molecule has 2 rings (SSSR count). The molecule has 1 heterocycles. The second-order valence-corrected chi connectivity index (χ2v) is 4.36. The van der Waals surface area contributed by atoms with E-state index in [0.717, 1.165) is 31.7 Å². The van der Waals surface area contributed by atoms with Gasteiger partial charge in [0.25, 0.3) is 0 Å². The summed E-state index contributed by atoms with van der Waals surface area (Å²) in [5.41, 5.74) is 2.30. The van der Waals surface area contributed by atoms with Gasteiger partial charge in [0.2, 0.25) is 0 Å². The van der Waals surface area contributed by atoms with Gasteiger partial charge in [-0.25, -0.2) is 0 Å². The van der Waals surface area contributed by atoms with Gasteiger partial charge in [0.05, 0.1) is 24.4 Å². The van der Waals surface area contributed by atoms with Crippen LogP contribution in [0.15, 0.2) is 24.3 Å². The summed E-state index contributed by atoms with van der Waals surface area (Å²) < 4.78 is 7.16. The molecular weight excluding hydrogens is 226 g/mol. The Labute approximate surface area is 108 Å². The lowest BCUT2D eigenvalue weighted by molar-refractivity contribution is 0.184. The fourth-order valence-electron chi connectivity index (χ4n) is 2.06. The van der Waals surface area contributed by atoms with Gasteiger partial charge in [-0.05, 0) is 19.0 Å². The number of para-hydroxylation sites is 1. The van der Waals surface area contributed by atoms with E-state index in [1.807, 2.05) is 4.68 Å². The number of hydrogen-bond acceptors (Lipinski definition) is 3. The maximum atomic E-state index is 5.13. The monoisotopic (exact) mass is 247 g/mol. The van der Waals surface area contributed by atoms with Gasteiger partial charge in [-0.3, -0.25) is 4.68 Å². The summed E-state index contributed by atoms with van der Waals surface area (Å²) in [4.78, 5) is 0. The summed E-state index contributed by atoms with van der Waals surface area (Å²) in [5, 5.41) is 9.31. The van der Waals surface area contributed by atoms with Crippen LogP contribution in [-0.4, -0.2) is 30.0 Å². The molecule has 0 fully saturated rings. The van der Waals surface area contributed by atoms with Gasteiger partial charge in [0, 0.05) is 19.0 Å². The number of benzene rings is 1. The van der Waals surface area contributed by atoms with E-state index in [0.29, 0.717) is 6.61 Å². The normalized spacial score (nSPS) is 11.2. The first-order valence-corrected chi connectivity index (χ1v) is 6.51. The quantitative estimate of drug-likeness (QED) is 0.762. The van der Waals surface area contributed by atoms with E-state index in [1.165, 1.54) is 10.9 Å². The second-order valence-electron chi connectivity index (χ2n) is 4.36. The molecule has 0 saturated carbocycles. The first-order chi connectivity index (χ1) is 8.86. The van der Waals surface area contributed by atoms with Crippen LogP contribution in [0.5, 0.6) is 0 Å². The van der Waals surface area contributed by atoms with E-state index in [2.05, 4.69) is 41.6 Å². The van der Waals surface area contributed by atoms with Crippen LogP contribution < -0.4 is 5.32 Å². The number of rotatable bonds is 7. The van der Waals surface area contributed by atoms with Crippen molar-refractivity contribution in [2.45, 2.75) is 26.4 Å². The maximum absolute atomic E-state index is 5.13. The smallest absolute Gasteiger partial charge is 0.0841 e. The topological polar surface area (TPSA) is 39.1 Å². The van der Waals surface area contributed by atoms with E-state index in [4.69, 9.17) is 4.74 Å². The van der Waals surface area contributed by atoms with Crippen molar-refractivity contribution in [3.8, 4) is 0 Å². The van der Waals surface area contributed by atoms with Gasteiger partial charge in [-0.2, -0.15) is 5.10 Å². The highest BCUT2D eigenvalue weighted by Crippen LogP contribution is 2.18. The van der Waals surface area contributed by atoms with Gasteiger partial charge in [-0.15, -0.1) is 0 Å². The zero-order valence-corrected chi connectivity index (χ0v) is 11.1. The van der Waals surface area contributed by atoms with Crippen molar-refractivity contribution in [2.24, 2.45) is 0 Å². The molecule has 0 unspecified atom stereocenters. The van der Waals surface area contributed by atoms with Gasteiger partial charge < -0.3 is 10.1 Å². The van der Waals surface area contributed by atoms with E-state index < -0.39 is 0 Å². The highest BCUT2D eigenvalue weighted by atomic mass is 16.5. The molecule has 0 aliphatic heterocycles. The number of ether oxygens (including phenoxy) is 1. The van der Waals surface area contributed by atoms with Crippen LogP contribution in [0, 0.1) is 0 Å². The van der Waals surface area contributed by atoms with E-state index in [9.17, 15) is 0 Å². The highest BCUT2D eigenvalue weighted by molar-refractivity contribution is 5.81. The van der Waals surface area contributed by atoms with Crippen molar-refractivity contribution in [3.05, 3.63) is 30.0 Å². The van der Waals surface area contributed by atoms with Crippen LogP contribution >= 0.6 is 0 Å². The molecule has 1 aromatic heterocycles. The van der Waals surface area contributed by atoms with Crippen molar-refractivity contribution in [2.75, 3.05) is 20.3 Å². The Morgan fingerprint density at radius 3 is 2.94 bits per heavy atom. The molecule has 0 spiro atoms. The third-order valence-electron chi connectivity index (χ3n) is 2.96. The SMILES string of the molecule is CCCNCc1nn(CCOC)c2ccccc12. The average Bonchev–Trinajstić information content (AvgIpc) is 2.76. The molecule has 1 N–H and O–H groups in total. The lowest BCUT2D eigenvalue weighted by atomic mass is 10.2. The summed E-state index contributed by atoms with van der Waals surface area (Å²) in [6, 6.07) is 8.36. The minimum absolute atomic E-state index is 0.688. The van der Waals surface area contributed by atoms with Gasteiger partial charge in [-0.1, -0.05) is 25.1 Å². The molecule has 0 aliphatic carbocycles. The Balaban J connectivity index is 2.23. The molecule has 0 amide bonds. The Bertz CT molecular complexity index is 493. The summed E-state index contributed by atoms with van der Waals surface area (Å²) >= 11 is 0. The van der Waals surface area contributed by atoms with Crippen molar-refractivity contribution in [3.63, 3.8) is 0 Å². The van der Waals surface area contributed by atoms with E-state index in [1.54, 1.807) is 7.11 Å². The van der Waals surface area contributed by atoms with Crippen LogP contribution in [-0.2, 0) is 17.8 Å². The third kappa shape index (κ3) is 2.89. The molecule has 0 radical (unpaired) electrons. The molecule has 0 saturated heterocycles. The average molecular weight is 247 g/mol. The zero-order valence-electron chi connectivity index (χ0n) is 11.1. The molecule has 98 valence electrons. The van der Waals surface area contributed by atoms with E-state index >= 15 is 0 Å². The first kappa shape index (κ1) is 13.1. The van der Waals surface area contributed by atoms with Gasteiger partial charge >= 0.3 is 0 Å². The largest absolute Gasteiger partial charge is 0.383 e. The van der Waals surface area contributed by atoms with Crippen LogP contribution in [0.25, 0.3) is 10.9 Å².